The Labute approximate surface area is 108 Å². The molecule has 0 fully saturated rings. The monoisotopic (exact) mass is 265 g/mol. The van der Waals surface area contributed by atoms with Crippen molar-refractivity contribution in [2.24, 2.45) is 4.99 Å². The van der Waals surface area contributed by atoms with Gasteiger partial charge in [0.1, 0.15) is 23.2 Å². The van der Waals surface area contributed by atoms with Gasteiger partial charge in [0.2, 0.25) is 0 Å². The predicted molar refractivity (Wildman–Crippen MR) is 66.6 cm³/mol. The van der Waals surface area contributed by atoms with Crippen LogP contribution >= 0.6 is 0 Å². The van der Waals surface area contributed by atoms with Gasteiger partial charge in [-0.15, -0.1) is 0 Å². The number of hydrogen-bond donors (Lipinski definition) is 0. The maximum atomic E-state index is 13.3. The summed E-state index contributed by atoms with van der Waals surface area (Å²) in [7, 11) is 1.53. The molecule has 0 unspecified atom stereocenters. The van der Waals surface area contributed by atoms with Crippen LogP contribution in [0.4, 0.5) is 18.9 Å². The number of ether oxygens (including phenoxy) is 1. The Balaban J connectivity index is 2.27. The van der Waals surface area contributed by atoms with Crippen molar-refractivity contribution in [3.63, 3.8) is 0 Å². The minimum absolute atomic E-state index is 0.378. The average Bonchev–Trinajstić information content (AvgIpc) is 2.38. The van der Waals surface area contributed by atoms with Crippen LogP contribution in [0.2, 0.25) is 0 Å². The molecule has 0 aliphatic carbocycles. The van der Waals surface area contributed by atoms with Gasteiger partial charge in [-0.3, -0.25) is 4.99 Å². The Morgan fingerprint density at radius 2 is 1.58 bits per heavy atom. The van der Waals surface area contributed by atoms with Gasteiger partial charge in [0.15, 0.2) is 0 Å². The van der Waals surface area contributed by atoms with Crippen molar-refractivity contribution in [1.29, 1.82) is 0 Å². The Kier molecular flexibility index (Phi) is 3.85. The van der Waals surface area contributed by atoms with E-state index in [-0.39, 0.29) is 5.56 Å². The van der Waals surface area contributed by atoms with E-state index in [4.69, 9.17) is 4.74 Å². The third-order valence-corrected chi connectivity index (χ3v) is 2.46. The van der Waals surface area contributed by atoms with Crippen molar-refractivity contribution in [2.75, 3.05) is 7.11 Å². The standard InChI is InChI=1S/C14H10F3NO/c1-19-11-4-2-10(3-5-11)18-8-12-13(16)6-9(15)7-14(12)17/h2-8H,1H3. The lowest BCUT2D eigenvalue weighted by Crippen LogP contribution is -1.95. The number of rotatable bonds is 3. The summed E-state index contributed by atoms with van der Waals surface area (Å²) in [4.78, 5) is 3.92. The summed E-state index contributed by atoms with van der Waals surface area (Å²) in [5.41, 5.74) is 0.126. The van der Waals surface area contributed by atoms with Gasteiger partial charge in [-0.2, -0.15) is 0 Å². The fourth-order valence-corrected chi connectivity index (χ4v) is 1.48. The van der Waals surface area contributed by atoms with Crippen LogP contribution in [0.3, 0.4) is 0 Å². The van der Waals surface area contributed by atoms with Crippen molar-refractivity contribution in [3.8, 4) is 5.75 Å². The van der Waals surface area contributed by atoms with Gasteiger partial charge >= 0.3 is 0 Å². The van der Waals surface area contributed by atoms with Crippen molar-refractivity contribution in [1.82, 2.24) is 0 Å². The van der Waals surface area contributed by atoms with E-state index in [2.05, 4.69) is 4.99 Å². The largest absolute Gasteiger partial charge is 0.497 e. The van der Waals surface area contributed by atoms with Gasteiger partial charge in [0, 0.05) is 18.3 Å². The summed E-state index contributed by atoms with van der Waals surface area (Å²) in [6, 6.07) is 7.83. The molecule has 2 aromatic carbocycles. The number of nitrogens with zero attached hydrogens (tertiary/aromatic N) is 1. The summed E-state index contributed by atoms with van der Waals surface area (Å²) in [6.45, 7) is 0. The minimum atomic E-state index is -0.991. The number of hydrogen-bond acceptors (Lipinski definition) is 2. The summed E-state index contributed by atoms with van der Waals surface area (Å²) in [5, 5.41) is 0. The van der Waals surface area contributed by atoms with E-state index in [0.717, 1.165) is 6.21 Å². The molecule has 19 heavy (non-hydrogen) atoms. The lowest BCUT2D eigenvalue weighted by Gasteiger charge is -2.01. The van der Waals surface area contributed by atoms with Gasteiger partial charge in [0.25, 0.3) is 0 Å². The zero-order valence-electron chi connectivity index (χ0n) is 10.0. The smallest absolute Gasteiger partial charge is 0.137 e. The Morgan fingerprint density at radius 1 is 1.00 bits per heavy atom. The molecule has 2 aromatic rings. The Hall–Kier alpha value is -2.30. The topological polar surface area (TPSA) is 21.6 Å². The van der Waals surface area contributed by atoms with E-state index in [9.17, 15) is 13.2 Å². The molecule has 0 aliphatic heterocycles. The third kappa shape index (κ3) is 3.13. The second-order valence-electron chi connectivity index (χ2n) is 3.74. The molecule has 0 amide bonds. The molecule has 0 aromatic heterocycles. The van der Waals surface area contributed by atoms with Crippen molar-refractivity contribution in [3.05, 3.63) is 59.4 Å². The highest BCUT2D eigenvalue weighted by Gasteiger charge is 2.09. The highest BCUT2D eigenvalue weighted by atomic mass is 19.1. The van der Waals surface area contributed by atoms with Crippen LogP contribution in [0.25, 0.3) is 0 Å². The lowest BCUT2D eigenvalue weighted by atomic mass is 10.2. The van der Waals surface area contributed by atoms with Crippen molar-refractivity contribution in [2.45, 2.75) is 0 Å². The summed E-state index contributed by atoms with van der Waals surface area (Å²) >= 11 is 0. The first-order valence-electron chi connectivity index (χ1n) is 5.43. The van der Waals surface area contributed by atoms with Crippen LogP contribution in [0, 0.1) is 17.5 Å². The van der Waals surface area contributed by atoms with Crippen LogP contribution in [0.1, 0.15) is 5.56 Å². The molecule has 0 heterocycles. The molecule has 0 bridgehead atoms. The number of aliphatic imine (C=N–C) groups is 1. The molecule has 0 saturated carbocycles. The molecule has 0 spiro atoms. The number of halogens is 3. The van der Waals surface area contributed by atoms with E-state index < -0.39 is 17.5 Å². The normalized spacial score (nSPS) is 10.9. The molecule has 0 aliphatic rings. The second kappa shape index (κ2) is 5.56. The third-order valence-electron chi connectivity index (χ3n) is 2.46. The first kappa shape index (κ1) is 13.1. The first-order chi connectivity index (χ1) is 9.10. The molecule has 2 rings (SSSR count). The van der Waals surface area contributed by atoms with Gasteiger partial charge in [-0.1, -0.05) is 0 Å². The molecule has 2 nitrogen and oxygen atoms in total. The zero-order chi connectivity index (χ0) is 13.8. The molecule has 0 atom stereocenters. The summed E-state index contributed by atoms with van der Waals surface area (Å²) < 4.78 is 44.4. The van der Waals surface area contributed by atoms with Crippen LogP contribution in [0.15, 0.2) is 41.4 Å². The average molecular weight is 265 g/mol. The van der Waals surface area contributed by atoms with Crippen LogP contribution < -0.4 is 4.74 Å². The van der Waals surface area contributed by atoms with Crippen molar-refractivity contribution >= 4 is 11.9 Å². The number of benzene rings is 2. The molecule has 5 heteroatoms. The quantitative estimate of drug-likeness (QED) is 0.772. The Bertz CT molecular complexity index is 586. The van der Waals surface area contributed by atoms with E-state index in [0.29, 0.717) is 23.6 Å². The molecule has 98 valence electrons. The maximum Gasteiger partial charge on any atom is 0.137 e. The zero-order valence-corrected chi connectivity index (χ0v) is 10.0. The van der Waals surface area contributed by atoms with Crippen LogP contribution in [-0.4, -0.2) is 13.3 Å². The van der Waals surface area contributed by atoms with E-state index >= 15 is 0 Å². The Morgan fingerprint density at radius 3 is 2.11 bits per heavy atom. The van der Waals surface area contributed by atoms with Gasteiger partial charge < -0.3 is 4.74 Å². The summed E-state index contributed by atoms with van der Waals surface area (Å²) in [6.07, 6.45) is 1.02. The van der Waals surface area contributed by atoms with Gasteiger partial charge in [0.05, 0.1) is 18.4 Å². The number of methoxy groups -OCH3 is 1. The minimum Gasteiger partial charge on any atom is -0.497 e. The second-order valence-corrected chi connectivity index (χ2v) is 3.74. The fraction of sp³-hybridized carbons (Fsp3) is 0.0714. The lowest BCUT2D eigenvalue weighted by molar-refractivity contribution is 0.415. The maximum absolute atomic E-state index is 13.3. The van der Waals surface area contributed by atoms with Gasteiger partial charge in [-0.25, -0.2) is 13.2 Å². The molecule has 0 N–H and O–H groups in total. The molecule has 0 radical (unpaired) electrons. The molecular weight excluding hydrogens is 255 g/mol. The fourth-order valence-electron chi connectivity index (χ4n) is 1.48. The molecule has 0 saturated heterocycles. The van der Waals surface area contributed by atoms with Crippen molar-refractivity contribution < 1.29 is 17.9 Å². The summed E-state index contributed by atoms with van der Waals surface area (Å²) in [5.74, 6) is -2.29. The van der Waals surface area contributed by atoms with E-state index in [1.807, 2.05) is 0 Å². The highest BCUT2D eigenvalue weighted by molar-refractivity contribution is 5.82. The molecular formula is C14H10F3NO. The highest BCUT2D eigenvalue weighted by Crippen LogP contribution is 2.19. The van der Waals surface area contributed by atoms with E-state index in [1.54, 1.807) is 24.3 Å². The van der Waals surface area contributed by atoms with E-state index in [1.165, 1.54) is 7.11 Å². The van der Waals surface area contributed by atoms with Crippen LogP contribution in [0.5, 0.6) is 5.75 Å². The predicted octanol–water partition coefficient (Wildman–Crippen LogP) is 3.86. The SMILES string of the molecule is COc1ccc(N=Cc2c(F)cc(F)cc2F)cc1. The first-order valence-corrected chi connectivity index (χ1v) is 5.43. The van der Waals surface area contributed by atoms with Gasteiger partial charge in [-0.05, 0) is 24.3 Å². The van der Waals surface area contributed by atoms with Crippen LogP contribution in [-0.2, 0) is 0 Å².